The second kappa shape index (κ2) is 6.67. The van der Waals surface area contributed by atoms with Crippen LogP contribution < -0.4 is 5.73 Å². The van der Waals surface area contributed by atoms with Gasteiger partial charge in [-0.2, -0.15) is 0 Å². The largest absolute Gasteiger partial charge is 0.341 e. The van der Waals surface area contributed by atoms with E-state index in [0.29, 0.717) is 19.0 Å². The number of carbonyl (C=O) groups excluding carboxylic acids is 2. The van der Waals surface area contributed by atoms with E-state index in [0.717, 1.165) is 37.7 Å². The predicted octanol–water partition coefficient (Wildman–Crippen LogP) is 2.80. The van der Waals surface area contributed by atoms with Crippen molar-refractivity contribution in [1.29, 1.82) is 0 Å². The quantitative estimate of drug-likeness (QED) is 0.845. The van der Waals surface area contributed by atoms with Gasteiger partial charge in [0, 0.05) is 24.6 Å². The maximum Gasteiger partial charge on any atom is 0.242 e. The van der Waals surface area contributed by atoms with E-state index in [1.54, 1.807) is 0 Å². The van der Waals surface area contributed by atoms with E-state index >= 15 is 0 Å². The van der Waals surface area contributed by atoms with Crippen LogP contribution >= 0.6 is 0 Å². The fraction of sp³-hybridized carbons (Fsp3) is 0.600. The number of hydrogen-bond donors (Lipinski definition) is 1. The number of piperidine rings is 1. The van der Waals surface area contributed by atoms with Crippen molar-refractivity contribution in [2.75, 3.05) is 13.1 Å². The smallest absolute Gasteiger partial charge is 0.242 e. The summed E-state index contributed by atoms with van der Waals surface area (Å²) in [5.41, 5.74) is 7.48. The van der Waals surface area contributed by atoms with E-state index in [4.69, 9.17) is 5.73 Å². The van der Waals surface area contributed by atoms with Gasteiger partial charge in [0.25, 0.3) is 0 Å². The summed E-state index contributed by atoms with van der Waals surface area (Å²) in [6.07, 6.45) is 4.12. The van der Waals surface area contributed by atoms with Crippen molar-refractivity contribution in [3.05, 3.63) is 35.4 Å². The third-order valence-corrected chi connectivity index (χ3v) is 5.25. The van der Waals surface area contributed by atoms with Crippen LogP contribution in [-0.4, -0.2) is 35.2 Å². The molecular formula is C20H28N2O2. The van der Waals surface area contributed by atoms with Crippen molar-refractivity contribution in [3.63, 3.8) is 0 Å². The van der Waals surface area contributed by atoms with E-state index in [-0.39, 0.29) is 17.6 Å². The normalized spacial score (nSPS) is 20.2. The molecule has 2 fully saturated rings. The molecule has 0 unspecified atom stereocenters. The molecular weight excluding hydrogens is 300 g/mol. The van der Waals surface area contributed by atoms with Crippen LogP contribution in [0.25, 0.3) is 0 Å². The molecule has 4 nitrogen and oxygen atoms in total. The van der Waals surface area contributed by atoms with Crippen LogP contribution in [-0.2, 0) is 11.2 Å². The van der Waals surface area contributed by atoms with Gasteiger partial charge in [-0.15, -0.1) is 0 Å². The Bertz CT molecular complexity index is 609. The number of Topliss-reactive ketones (excluding diaryl/α,β-unsaturated/α-hetero) is 1. The van der Waals surface area contributed by atoms with Gasteiger partial charge in [0.2, 0.25) is 5.91 Å². The fourth-order valence-corrected chi connectivity index (χ4v) is 3.52. The summed E-state index contributed by atoms with van der Waals surface area (Å²) >= 11 is 0. The lowest BCUT2D eigenvalue weighted by Crippen LogP contribution is -2.49. The number of nitrogens with two attached hydrogens (primary N) is 1. The molecule has 1 saturated carbocycles. The molecule has 0 radical (unpaired) electrons. The second-order valence-electron chi connectivity index (χ2n) is 7.88. The van der Waals surface area contributed by atoms with Gasteiger partial charge in [0.05, 0.1) is 5.54 Å². The number of ketones is 1. The van der Waals surface area contributed by atoms with Crippen LogP contribution in [0.3, 0.4) is 0 Å². The highest BCUT2D eigenvalue weighted by molar-refractivity contribution is 5.98. The SMILES string of the molecule is CC(C)Cc1ccc(C(=O)C2CCN(C(=O)C3(N)CC3)CC2)cc1. The molecule has 1 amide bonds. The highest BCUT2D eigenvalue weighted by Gasteiger charge is 2.48. The standard InChI is InChI=1S/C20H28N2O2/c1-14(2)13-15-3-5-16(6-4-15)18(23)17-7-11-22(12-8-17)19(24)20(21)9-10-20/h3-6,14,17H,7-13,21H2,1-2H3. The summed E-state index contributed by atoms with van der Waals surface area (Å²) in [6, 6.07) is 8.04. The Hall–Kier alpha value is -1.68. The summed E-state index contributed by atoms with van der Waals surface area (Å²) in [5.74, 6) is 0.933. The average molecular weight is 328 g/mol. The minimum Gasteiger partial charge on any atom is -0.341 e. The average Bonchev–Trinajstić information content (AvgIpc) is 3.33. The maximum atomic E-state index is 12.7. The molecule has 0 atom stereocenters. The van der Waals surface area contributed by atoms with Gasteiger partial charge in [0.1, 0.15) is 0 Å². The number of rotatable bonds is 5. The zero-order valence-corrected chi connectivity index (χ0v) is 14.8. The number of hydrogen-bond acceptors (Lipinski definition) is 3. The van der Waals surface area contributed by atoms with Gasteiger partial charge in [-0.3, -0.25) is 9.59 Å². The van der Waals surface area contributed by atoms with Gasteiger partial charge in [-0.1, -0.05) is 38.1 Å². The zero-order chi connectivity index (χ0) is 17.3. The first-order chi connectivity index (χ1) is 11.4. The highest BCUT2D eigenvalue weighted by Crippen LogP contribution is 2.35. The van der Waals surface area contributed by atoms with Gasteiger partial charge >= 0.3 is 0 Å². The number of nitrogens with zero attached hydrogens (tertiary/aromatic N) is 1. The van der Waals surface area contributed by atoms with Crippen molar-refractivity contribution in [3.8, 4) is 0 Å². The summed E-state index contributed by atoms with van der Waals surface area (Å²) in [6.45, 7) is 5.70. The molecule has 1 aromatic carbocycles. The van der Waals surface area contributed by atoms with E-state index in [1.807, 2.05) is 17.0 Å². The van der Waals surface area contributed by atoms with Gasteiger partial charge in [0.15, 0.2) is 5.78 Å². The molecule has 2 N–H and O–H groups in total. The topological polar surface area (TPSA) is 63.4 Å². The lowest BCUT2D eigenvalue weighted by atomic mass is 9.88. The predicted molar refractivity (Wildman–Crippen MR) is 94.8 cm³/mol. The summed E-state index contributed by atoms with van der Waals surface area (Å²) in [4.78, 5) is 26.8. The third-order valence-electron chi connectivity index (χ3n) is 5.25. The molecule has 0 bridgehead atoms. The van der Waals surface area contributed by atoms with Crippen molar-refractivity contribution < 1.29 is 9.59 Å². The Morgan fingerprint density at radius 3 is 2.25 bits per heavy atom. The van der Waals surface area contributed by atoms with Gasteiger partial charge in [-0.05, 0) is 43.6 Å². The first-order valence-corrected chi connectivity index (χ1v) is 9.10. The highest BCUT2D eigenvalue weighted by atomic mass is 16.2. The molecule has 0 spiro atoms. The minimum atomic E-state index is -0.594. The van der Waals surface area contributed by atoms with E-state index in [1.165, 1.54) is 5.56 Å². The van der Waals surface area contributed by atoms with Crippen LogP contribution in [0, 0.1) is 11.8 Å². The monoisotopic (exact) mass is 328 g/mol. The van der Waals surface area contributed by atoms with Crippen molar-refractivity contribution >= 4 is 11.7 Å². The molecule has 0 aromatic heterocycles. The lowest BCUT2D eigenvalue weighted by Gasteiger charge is -2.33. The number of benzene rings is 1. The van der Waals surface area contributed by atoms with E-state index in [9.17, 15) is 9.59 Å². The molecule has 1 aliphatic carbocycles. The molecule has 1 saturated heterocycles. The Labute approximate surface area is 144 Å². The first kappa shape index (κ1) is 17.2. The van der Waals surface area contributed by atoms with E-state index in [2.05, 4.69) is 26.0 Å². The Balaban J connectivity index is 1.56. The first-order valence-electron chi connectivity index (χ1n) is 9.10. The minimum absolute atomic E-state index is 0.0259. The molecule has 3 rings (SSSR count). The van der Waals surface area contributed by atoms with Crippen LogP contribution in [0.5, 0.6) is 0 Å². The van der Waals surface area contributed by atoms with Crippen molar-refractivity contribution in [1.82, 2.24) is 4.90 Å². The summed E-state index contributed by atoms with van der Waals surface area (Å²) < 4.78 is 0. The van der Waals surface area contributed by atoms with E-state index < -0.39 is 5.54 Å². The maximum absolute atomic E-state index is 12.7. The lowest BCUT2D eigenvalue weighted by molar-refractivity contribution is -0.134. The van der Waals surface area contributed by atoms with Crippen LogP contribution in [0.15, 0.2) is 24.3 Å². The number of likely N-dealkylation sites (tertiary alicyclic amines) is 1. The molecule has 1 aromatic rings. The van der Waals surface area contributed by atoms with Crippen molar-refractivity contribution in [2.24, 2.45) is 17.6 Å². The second-order valence-corrected chi connectivity index (χ2v) is 7.88. The molecule has 130 valence electrons. The molecule has 24 heavy (non-hydrogen) atoms. The number of amides is 1. The fourth-order valence-electron chi connectivity index (χ4n) is 3.52. The molecule has 1 aliphatic heterocycles. The molecule has 2 aliphatic rings. The summed E-state index contributed by atoms with van der Waals surface area (Å²) in [5, 5.41) is 0. The van der Waals surface area contributed by atoms with Gasteiger partial charge in [-0.25, -0.2) is 0 Å². The molecule has 4 heteroatoms. The number of carbonyl (C=O) groups is 2. The van der Waals surface area contributed by atoms with Crippen LogP contribution in [0.1, 0.15) is 55.5 Å². The summed E-state index contributed by atoms with van der Waals surface area (Å²) in [7, 11) is 0. The third kappa shape index (κ3) is 3.69. The van der Waals surface area contributed by atoms with Crippen LogP contribution in [0.2, 0.25) is 0 Å². The Morgan fingerprint density at radius 2 is 1.75 bits per heavy atom. The Kier molecular flexibility index (Phi) is 4.77. The Morgan fingerprint density at radius 1 is 1.17 bits per heavy atom. The van der Waals surface area contributed by atoms with Gasteiger partial charge < -0.3 is 10.6 Å². The van der Waals surface area contributed by atoms with Crippen LogP contribution in [0.4, 0.5) is 0 Å². The molecule has 1 heterocycles. The van der Waals surface area contributed by atoms with Crippen molar-refractivity contribution in [2.45, 2.75) is 51.5 Å². The zero-order valence-electron chi connectivity index (χ0n) is 14.8.